The fourth-order valence-corrected chi connectivity index (χ4v) is 6.47. The van der Waals surface area contributed by atoms with Crippen molar-refractivity contribution in [3.05, 3.63) is 65.6 Å². The molecular weight excluding hydrogens is 437 g/mol. The van der Waals surface area contributed by atoms with Crippen LogP contribution in [0, 0.1) is 5.82 Å². The normalized spacial score (nSPS) is 20.8. The Morgan fingerprint density at radius 3 is 2.81 bits per heavy atom. The summed E-state index contributed by atoms with van der Waals surface area (Å²) in [5, 5.41) is 4.03. The molecule has 0 spiro atoms. The van der Waals surface area contributed by atoms with Crippen LogP contribution in [0.5, 0.6) is 10.9 Å². The number of sulfonamides is 1. The van der Waals surface area contributed by atoms with Crippen molar-refractivity contribution in [3.63, 3.8) is 0 Å². The molecule has 31 heavy (non-hydrogen) atoms. The summed E-state index contributed by atoms with van der Waals surface area (Å²) < 4.78 is 45.5. The van der Waals surface area contributed by atoms with E-state index < -0.39 is 10.0 Å². The molecule has 2 aliphatic rings. The molecule has 0 unspecified atom stereocenters. The van der Waals surface area contributed by atoms with Crippen molar-refractivity contribution in [2.24, 2.45) is 0 Å². The predicted octanol–water partition coefficient (Wildman–Crippen LogP) is 4.40. The molecule has 1 saturated heterocycles. The Kier molecular flexibility index (Phi) is 5.19. The predicted molar refractivity (Wildman–Crippen MR) is 119 cm³/mol. The first-order valence-corrected chi connectivity index (χ1v) is 12.8. The van der Waals surface area contributed by atoms with Gasteiger partial charge in [0.25, 0.3) is 5.19 Å². The lowest BCUT2D eigenvalue weighted by atomic mass is 10.0. The van der Waals surface area contributed by atoms with E-state index in [4.69, 9.17) is 4.74 Å². The monoisotopic (exact) mass is 459 g/mol. The number of ether oxygens (including phenoxy) is 1. The van der Waals surface area contributed by atoms with Gasteiger partial charge in [-0.3, -0.25) is 4.31 Å². The Labute approximate surface area is 184 Å². The van der Waals surface area contributed by atoms with Crippen molar-refractivity contribution < 1.29 is 17.5 Å². The molecule has 0 aliphatic carbocycles. The number of fused-ring (bicyclic) bond motifs is 3. The van der Waals surface area contributed by atoms with Crippen molar-refractivity contribution in [2.75, 3.05) is 6.26 Å². The van der Waals surface area contributed by atoms with Crippen LogP contribution in [0.25, 0.3) is 10.2 Å². The molecule has 5 rings (SSSR count). The smallest absolute Gasteiger partial charge is 0.279 e. The molecule has 9 heteroatoms. The van der Waals surface area contributed by atoms with Crippen LogP contribution in [0.4, 0.5) is 4.39 Å². The number of aromatic nitrogens is 1. The van der Waals surface area contributed by atoms with Crippen LogP contribution in [-0.4, -0.2) is 36.0 Å². The molecule has 1 N–H and O–H groups in total. The summed E-state index contributed by atoms with van der Waals surface area (Å²) in [4.78, 5) is 4.38. The van der Waals surface area contributed by atoms with Crippen LogP contribution in [0.1, 0.15) is 24.8 Å². The van der Waals surface area contributed by atoms with Crippen molar-refractivity contribution in [3.8, 4) is 10.9 Å². The van der Waals surface area contributed by atoms with Crippen molar-refractivity contribution in [1.29, 1.82) is 0 Å². The van der Waals surface area contributed by atoms with E-state index in [2.05, 4.69) is 16.4 Å². The molecule has 162 valence electrons. The molecule has 2 atom stereocenters. The second-order valence-corrected chi connectivity index (χ2v) is 10.9. The number of piperidine rings is 1. The Bertz CT molecular complexity index is 1250. The van der Waals surface area contributed by atoms with Gasteiger partial charge in [0.2, 0.25) is 10.0 Å². The molecule has 2 aromatic carbocycles. The highest BCUT2D eigenvalue weighted by Gasteiger charge is 2.39. The van der Waals surface area contributed by atoms with Crippen LogP contribution in [0.15, 0.2) is 54.2 Å². The van der Waals surface area contributed by atoms with Crippen molar-refractivity contribution in [1.82, 2.24) is 14.6 Å². The van der Waals surface area contributed by atoms with Gasteiger partial charge in [-0.05, 0) is 48.7 Å². The number of hydrogen-bond acceptors (Lipinski definition) is 6. The Morgan fingerprint density at radius 2 is 2.06 bits per heavy atom. The van der Waals surface area contributed by atoms with E-state index in [1.54, 1.807) is 10.4 Å². The van der Waals surface area contributed by atoms with E-state index in [0.29, 0.717) is 23.0 Å². The minimum atomic E-state index is -3.19. The summed E-state index contributed by atoms with van der Waals surface area (Å²) in [7, 11) is -3.19. The number of thiazole rings is 1. The number of halogens is 1. The lowest BCUT2D eigenvalue weighted by molar-refractivity contribution is 0.283. The zero-order valence-electron chi connectivity index (χ0n) is 16.9. The standard InChI is InChI=1S/C22H22FN3O3S2/c1-31(27,28)26-17-5-6-18(26)12-16(11-17)24-13-14-2-7-19(8-3-14)29-22-25-20-9-4-15(23)10-21(20)30-22/h2-5,7-10,16,18,24H,6,11-13H2,1H3/t16-,18+/m1/s1. The summed E-state index contributed by atoms with van der Waals surface area (Å²) >= 11 is 1.31. The van der Waals surface area contributed by atoms with Crippen LogP contribution >= 0.6 is 11.3 Å². The topological polar surface area (TPSA) is 71.5 Å². The third kappa shape index (κ3) is 4.30. The van der Waals surface area contributed by atoms with E-state index in [1.165, 1.54) is 29.7 Å². The molecule has 0 saturated carbocycles. The van der Waals surface area contributed by atoms with Gasteiger partial charge < -0.3 is 10.1 Å². The van der Waals surface area contributed by atoms with Gasteiger partial charge in [-0.1, -0.05) is 29.5 Å². The quantitative estimate of drug-likeness (QED) is 0.592. The third-order valence-corrected chi connectivity index (χ3v) is 7.81. The lowest BCUT2D eigenvalue weighted by Crippen LogP contribution is -2.46. The summed E-state index contributed by atoms with van der Waals surface area (Å²) in [6.45, 7) is 0.699. The van der Waals surface area contributed by atoms with E-state index >= 15 is 0 Å². The number of benzene rings is 2. The van der Waals surface area contributed by atoms with Crippen LogP contribution in [-0.2, 0) is 16.6 Å². The number of nitrogens with zero attached hydrogens (tertiary/aromatic N) is 2. The average molecular weight is 460 g/mol. The van der Waals surface area contributed by atoms with Crippen LogP contribution in [0.3, 0.4) is 0 Å². The minimum Gasteiger partial charge on any atom is -0.431 e. The van der Waals surface area contributed by atoms with Gasteiger partial charge in [0.15, 0.2) is 0 Å². The molecule has 2 aliphatic heterocycles. The maximum atomic E-state index is 13.3. The van der Waals surface area contributed by atoms with E-state index in [0.717, 1.165) is 35.2 Å². The number of nitrogens with one attached hydrogen (secondary N) is 1. The Morgan fingerprint density at radius 1 is 1.26 bits per heavy atom. The van der Waals surface area contributed by atoms with Gasteiger partial charge in [0, 0.05) is 30.7 Å². The summed E-state index contributed by atoms with van der Waals surface area (Å²) in [5.74, 6) is 0.388. The van der Waals surface area contributed by atoms with E-state index in [9.17, 15) is 12.8 Å². The molecular formula is C22H22FN3O3S2. The van der Waals surface area contributed by atoms with Gasteiger partial charge in [-0.15, -0.1) is 0 Å². The lowest BCUT2D eigenvalue weighted by Gasteiger charge is -2.36. The van der Waals surface area contributed by atoms with E-state index in [-0.39, 0.29) is 17.9 Å². The Hall–Kier alpha value is -2.49. The molecule has 3 aromatic rings. The third-order valence-electron chi connectivity index (χ3n) is 5.66. The molecule has 1 fully saturated rings. The fraction of sp³-hybridized carbons (Fsp3) is 0.318. The molecule has 0 amide bonds. The summed E-state index contributed by atoms with van der Waals surface area (Å²) in [5.41, 5.74) is 2.74. The highest BCUT2D eigenvalue weighted by atomic mass is 32.2. The zero-order valence-corrected chi connectivity index (χ0v) is 18.5. The van der Waals surface area contributed by atoms with Gasteiger partial charge in [-0.25, -0.2) is 17.8 Å². The van der Waals surface area contributed by atoms with Gasteiger partial charge in [0.1, 0.15) is 11.6 Å². The number of rotatable bonds is 6. The second kappa shape index (κ2) is 7.89. The average Bonchev–Trinajstić information content (AvgIpc) is 3.24. The molecule has 6 nitrogen and oxygen atoms in total. The van der Waals surface area contributed by atoms with Gasteiger partial charge in [0.05, 0.1) is 16.5 Å². The van der Waals surface area contributed by atoms with Crippen LogP contribution < -0.4 is 10.1 Å². The van der Waals surface area contributed by atoms with Gasteiger partial charge in [-0.2, -0.15) is 0 Å². The SMILES string of the molecule is CS(=O)(=O)N1C2=CC[C@H]1C[C@H](NCc1ccc(Oc3nc4ccc(F)cc4s3)cc1)C2. The number of hydrogen-bond donors (Lipinski definition) is 1. The summed E-state index contributed by atoms with van der Waals surface area (Å²) in [6, 6.07) is 12.6. The van der Waals surface area contributed by atoms with Crippen molar-refractivity contribution in [2.45, 2.75) is 37.9 Å². The Balaban J connectivity index is 1.18. The minimum absolute atomic E-state index is 0.0364. The van der Waals surface area contributed by atoms with Gasteiger partial charge >= 0.3 is 0 Å². The zero-order chi connectivity index (χ0) is 21.6. The first-order valence-electron chi connectivity index (χ1n) is 10.1. The van der Waals surface area contributed by atoms with E-state index in [1.807, 2.05) is 24.3 Å². The molecule has 2 bridgehead atoms. The van der Waals surface area contributed by atoms with Crippen molar-refractivity contribution >= 4 is 31.6 Å². The first kappa shape index (κ1) is 20.4. The second-order valence-electron chi connectivity index (χ2n) is 8.00. The molecule has 3 heterocycles. The maximum absolute atomic E-state index is 13.3. The van der Waals surface area contributed by atoms with Crippen LogP contribution in [0.2, 0.25) is 0 Å². The first-order chi connectivity index (χ1) is 14.8. The largest absolute Gasteiger partial charge is 0.431 e. The highest BCUT2D eigenvalue weighted by molar-refractivity contribution is 7.88. The maximum Gasteiger partial charge on any atom is 0.279 e. The fourth-order valence-electron chi connectivity index (χ4n) is 4.32. The summed E-state index contributed by atoms with van der Waals surface area (Å²) in [6.07, 6.45) is 5.67. The molecule has 0 radical (unpaired) electrons. The molecule has 1 aromatic heterocycles. The highest BCUT2D eigenvalue weighted by Crippen LogP contribution is 2.36.